The van der Waals surface area contributed by atoms with Gasteiger partial charge in [0.05, 0.1) is 13.2 Å². The van der Waals surface area contributed by atoms with E-state index in [4.69, 9.17) is 9.78 Å². The lowest BCUT2D eigenvalue weighted by Crippen LogP contribution is -2.35. The Labute approximate surface area is 80.8 Å². The Bertz CT molecular complexity index is 181. The zero-order valence-corrected chi connectivity index (χ0v) is 8.93. The lowest BCUT2D eigenvalue weighted by atomic mass is 9.65. The predicted molar refractivity (Wildman–Crippen MR) is 53.3 cm³/mol. The molecule has 1 fully saturated rings. The molecule has 0 unspecified atom stereocenters. The number of allylic oxidation sites excluding steroid dienone is 1. The van der Waals surface area contributed by atoms with Gasteiger partial charge in [-0.05, 0) is 33.6 Å². The van der Waals surface area contributed by atoms with Crippen molar-refractivity contribution in [2.75, 3.05) is 13.2 Å². The van der Waals surface area contributed by atoms with Gasteiger partial charge in [-0.3, -0.25) is 0 Å². The monoisotopic (exact) mass is 184 g/mol. The minimum Gasteiger partial charge on any atom is -0.237 e. The predicted octanol–water partition coefficient (Wildman–Crippen LogP) is 3.09. The topological polar surface area (TPSA) is 18.5 Å². The summed E-state index contributed by atoms with van der Waals surface area (Å²) < 4.78 is 0. The molecule has 1 aliphatic rings. The Morgan fingerprint density at radius 2 is 2.08 bits per heavy atom. The van der Waals surface area contributed by atoms with Crippen molar-refractivity contribution in [1.82, 2.24) is 0 Å². The van der Waals surface area contributed by atoms with Crippen LogP contribution in [-0.2, 0) is 9.78 Å². The van der Waals surface area contributed by atoms with Crippen molar-refractivity contribution >= 4 is 0 Å². The molecule has 1 rings (SSSR count). The minimum atomic E-state index is 0.296. The highest BCUT2D eigenvalue weighted by atomic mass is 17.2. The molecule has 2 heteroatoms. The lowest BCUT2D eigenvalue weighted by molar-refractivity contribution is -0.308. The van der Waals surface area contributed by atoms with Gasteiger partial charge < -0.3 is 0 Å². The highest BCUT2D eigenvalue weighted by Crippen LogP contribution is 2.46. The van der Waals surface area contributed by atoms with E-state index in [2.05, 4.69) is 19.9 Å². The van der Waals surface area contributed by atoms with E-state index < -0.39 is 0 Å². The van der Waals surface area contributed by atoms with Crippen LogP contribution in [0.1, 0.15) is 40.0 Å². The molecule has 0 bridgehead atoms. The van der Waals surface area contributed by atoms with Crippen LogP contribution in [0.15, 0.2) is 11.6 Å². The van der Waals surface area contributed by atoms with Crippen molar-refractivity contribution in [2.45, 2.75) is 40.0 Å². The molecule has 0 heterocycles. The first-order valence-corrected chi connectivity index (χ1v) is 5.13. The largest absolute Gasteiger partial charge is 0.237 e. The molecule has 0 spiro atoms. The van der Waals surface area contributed by atoms with E-state index in [9.17, 15) is 0 Å². The van der Waals surface area contributed by atoms with Crippen LogP contribution in [0.4, 0.5) is 0 Å². The molecule has 76 valence electrons. The van der Waals surface area contributed by atoms with Gasteiger partial charge in [0.15, 0.2) is 0 Å². The minimum absolute atomic E-state index is 0.296. The lowest BCUT2D eigenvalue weighted by Gasteiger charge is -2.42. The van der Waals surface area contributed by atoms with Crippen molar-refractivity contribution in [3.05, 3.63) is 11.6 Å². The zero-order valence-electron chi connectivity index (χ0n) is 8.93. The van der Waals surface area contributed by atoms with Gasteiger partial charge >= 0.3 is 0 Å². The van der Waals surface area contributed by atoms with E-state index in [0.29, 0.717) is 12.0 Å². The van der Waals surface area contributed by atoms with Crippen molar-refractivity contribution in [1.29, 1.82) is 0 Å². The smallest absolute Gasteiger partial charge is 0.0915 e. The molecule has 0 aromatic carbocycles. The molecule has 0 radical (unpaired) electrons. The normalized spacial score (nSPS) is 21.3. The third kappa shape index (κ3) is 2.32. The van der Waals surface area contributed by atoms with E-state index in [1.165, 1.54) is 24.8 Å². The van der Waals surface area contributed by atoms with Gasteiger partial charge in [-0.1, -0.05) is 18.1 Å². The first-order valence-electron chi connectivity index (χ1n) is 5.13. The average molecular weight is 184 g/mol. The van der Waals surface area contributed by atoms with Crippen molar-refractivity contribution < 1.29 is 9.78 Å². The number of rotatable bonds is 5. The van der Waals surface area contributed by atoms with Gasteiger partial charge in [-0.25, -0.2) is 9.78 Å². The van der Waals surface area contributed by atoms with Crippen LogP contribution in [0.25, 0.3) is 0 Å². The molecule has 0 aromatic heterocycles. The van der Waals surface area contributed by atoms with Gasteiger partial charge in [-0.15, -0.1) is 0 Å². The molecule has 1 saturated carbocycles. The summed E-state index contributed by atoms with van der Waals surface area (Å²) in [7, 11) is 0. The summed E-state index contributed by atoms with van der Waals surface area (Å²) in [5, 5.41) is 0. The van der Waals surface area contributed by atoms with Crippen LogP contribution in [0.2, 0.25) is 0 Å². The zero-order chi connectivity index (χ0) is 9.73. The molecule has 0 N–H and O–H groups in total. The number of hydrogen-bond acceptors (Lipinski definition) is 2. The summed E-state index contributed by atoms with van der Waals surface area (Å²) in [5.74, 6) is 0. The Hall–Kier alpha value is -0.340. The molecule has 0 saturated heterocycles. The molecule has 2 nitrogen and oxygen atoms in total. The van der Waals surface area contributed by atoms with E-state index in [0.717, 1.165) is 6.61 Å². The van der Waals surface area contributed by atoms with Gasteiger partial charge in [0.2, 0.25) is 0 Å². The first-order chi connectivity index (χ1) is 6.25. The van der Waals surface area contributed by atoms with Crippen LogP contribution in [-0.4, -0.2) is 13.2 Å². The van der Waals surface area contributed by atoms with Gasteiger partial charge in [0, 0.05) is 5.41 Å². The molecule has 0 aromatic rings. The van der Waals surface area contributed by atoms with Gasteiger partial charge in [0.1, 0.15) is 0 Å². The molecule has 0 amide bonds. The summed E-state index contributed by atoms with van der Waals surface area (Å²) in [6.07, 6.45) is 6.00. The maximum atomic E-state index is 5.17. The van der Waals surface area contributed by atoms with E-state index in [1.54, 1.807) is 0 Å². The third-order valence-electron chi connectivity index (χ3n) is 3.12. The average Bonchev–Trinajstić information content (AvgIpc) is 2.08. The Morgan fingerprint density at radius 1 is 1.38 bits per heavy atom. The Kier molecular flexibility index (Phi) is 3.94. The molecular weight excluding hydrogens is 164 g/mol. The molecular formula is C11H20O2. The quantitative estimate of drug-likeness (QED) is 0.283. The van der Waals surface area contributed by atoms with Gasteiger partial charge in [0.25, 0.3) is 0 Å². The highest BCUT2D eigenvalue weighted by Gasteiger charge is 2.38. The summed E-state index contributed by atoms with van der Waals surface area (Å²) in [6, 6.07) is 0. The molecule has 13 heavy (non-hydrogen) atoms. The maximum Gasteiger partial charge on any atom is 0.0915 e. The van der Waals surface area contributed by atoms with Crippen molar-refractivity contribution in [2.24, 2.45) is 5.41 Å². The summed E-state index contributed by atoms with van der Waals surface area (Å²) in [4.78, 5) is 10.1. The Balaban J connectivity index is 2.41. The van der Waals surface area contributed by atoms with Crippen LogP contribution in [0, 0.1) is 5.41 Å². The summed E-state index contributed by atoms with van der Waals surface area (Å²) in [5.41, 5.74) is 1.74. The standard InChI is InChI=1S/C11H20O2/c1-4-10(3)11(7-6-8-11)9-13-12-5-2/h4H,5-9H2,1-3H3/b10-4+. The SMILES string of the molecule is C/C=C(\C)C1(COOCC)CCC1. The second kappa shape index (κ2) is 4.77. The van der Waals surface area contributed by atoms with Crippen LogP contribution < -0.4 is 0 Å². The second-order valence-electron chi connectivity index (χ2n) is 3.77. The van der Waals surface area contributed by atoms with Crippen LogP contribution in [0.5, 0.6) is 0 Å². The first kappa shape index (κ1) is 10.7. The van der Waals surface area contributed by atoms with E-state index in [1.807, 2.05) is 6.92 Å². The van der Waals surface area contributed by atoms with Crippen LogP contribution in [0.3, 0.4) is 0 Å². The molecule has 0 atom stereocenters. The highest BCUT2D eigenvalue weighted by molar-refractivity contribution is 5.15. The fourth-order valence-corrected chi connectivity index (χ4v) is 1.80. The van der Waals surface area contributed by atoms with Crippen LogP contribution >= 0.6 is 0 Å². The van der Waals surface area contributed by atoms with E-state index >= 15 is 0 Å². The third-order valence-corrected chi connectivity index (χ3v) is 3.12. The Morgan fingerprint density at radius 3 is 2.46 bits per heavy atom. The summed E-state index contributed by atoms with van der Waals surface area (Å²) in [6.45, 7) is 7.57. The fourth-order valence-electron chi connectivity index (χ4n) is 1.80. The second-order valence-corrected chi connectivity index (χ2v) is 3.77. The van der Waals surface area contributed by atoms with Gasteiger partial charge in [-0.2, -0.15) is 0 Å². The van der Waals surface area contributed by atoms with E-state index in [-0.39, 0.29) is 0 Å². The van der Waals surface area contributed by atoms with Crippen molar-refractivity contribution in [3.8, 4) is 0 Å². The van der Waals surface area contributed by atoms with Crippen molar-refractivity contribution in [3.63, 3.8) is 0 Å². The fraction of sp³-hybridized carbons (Fsp3) is 0.818. The number of hydrogen-bond donors (Lipinski definition) is 0. The molecule has 1 aliphatic carbocycles. The summed E-state index contributed by atoms with van der Waals surface area (Å²) >= 11 is 0. The molecule has 0 aliphatic heterocycles. The maximum absolute atomic E-state index is 5.17.